The first-order valence-electron chi connectivity index (χ1n) is 8.17. The standard InChI is InChI=1S/C15H22N6O2/c16-11-10-7-15(23-12(10)20-14(17)19-11)3-6-21(8-15)13(22)9-1-4-18-5-2-9/h9,18H,1-8H2,(H4,16,17,19,20)/t15-/m0/s1. The van der Waals surface area contributed by atoms with Gasteiger partial charge in [0.05, 0.1) is 12.1 Å². The topological polar surface area (TPSA) is 119 Å². The van der Waals surface area contributed by atoms with Crippen LogP contribution in [-0.2, 0) is 11.2 Å². The van der Waals surface area contributed by atoms with Gasteiger partial charge in [-0.15, -0.1) is 0 Å². The lowest BCUT2D eigenvalue weighted by Gasteiger charge is -2.28. The van der Waals surface area contributed by atoms with E-state index in [1.165, 1.54) is 0 Å². The van der Waals surface area contributed by atoms with Crippen LogP contribution < -0.4 is 21.5 Å². The second kappa shape index (κ2) is 5.23. The lowest BCUT2D eigenvalue weighted by atomic mass is 9.95. The van der Waals surface area contributed by atoms with Gasteiger partial charge in [0, 0.05) is 25.3 Å². The molecule has 1 spiro atoms. The molecule has 0 radical (unpaired) electrons. The van der Waals surface area contributed by atoms with E-state index in [2.05, 4.69) is 15.3 Å². The van der Waals surface area contributed by atoms with Gasteiger partial charge in [0.25, 0.3) is 0 Å². The Balaban J connectivity index is 1.48. The average molecular weight is 318 g/mol. The number of anilines is 2. The average Bonchev–Trinajstić information content (AvgIpc) is 3.11. The number of nitrogens with two attached hydrogens (primary N) is 2. The van der Waals surface area contributed by atoms with Gasteiger partial charge < -0.3 is 26.4 Å². The number of rotatable bonds is 1. The van der Waals surface area contributed by atoms with Gasteiger partial charge >= 0.3 is 0 Å². The van der Waals surface area contributed by atoms with Gasteiger partial charge in [-0.2, -0.15) is 9.97 Å². The van der Waals surface area contributed by atoms with Crippen LogP contribution >= 0.6 is 0 Å². The maximum Gasteiger partial charge on any atom is 0.225 e. The van der Waals surface area contributed by atoms with Crippen molar-refractivity contribution in [2.75, 3.05) is 37.6 Å². The number of likely N-dealkylation sites (tertiary alicyclic amines) is 1. The third-order valence-corrected chi connectivity index (χ3v) is 5.15. The summed E-state index contributed by atoms with van der Waals surface area (Å²) in [7, 11) is 0. The summed E-state index contributed by atoms with van der Waals surface area (Å²) in [5, 5.41) is 3.30. The number of ether oxygens (including phenoxy) is 1. The Morgan fingerprint density at radius 2 is 2.09 bits per heavy atom. The van der Waals surface area contributed by atoms with E-state index >= 15 is 0 Å². The van der Waals surface area contributed by atoms with Crippen molar-refractivity contribution in [2.24, 2.45) is 5.92 Å². The molecule has 0 unspecified atom stereocenters. The zero-order chi connectivity index (χ0) is 16.0. The molecular weight excluding hydrogens is 296 g/mol. The summed E-state index contributed by atoms with van der Waals surface area (Å²) >= 11 is 0. The van der Waals surface area contributed by atoms with Crippen LogP contribution in [0.4, 0.5) is 11.8 Å². The molecule has 1 amide bonds. The van der Waals surface area contributed by atoms with Crippen molar-refractivity contribution in [3.8, 4) is 5.88 Å². The van der Waals surface area contributed by atoms with Crippen LogP contribution in [0.3, 0.4) is 0 Å². The van der Waals surface area contributed by atoms with Crippen molar-refractivity contribution in [1.82, 2.24) is 20.2 Å². The Bertz CT molecular complexity index is 645. The zero-order valence-corrected chi connectivity index (χ0v) is 13.0. The normalized spacial score (nSPS) is 27.2. The number of carbonyl (C=O) groups is 1. The predicted octanol–water partition coefficient (Wildman–Crippen LogP) is -0.453. The van der Waals surface area contributed by atoms with E-state index < -0.39 is 5.60 Å². The van der Waals surface area contributed by atoms with Crippen LogP contribution in [0.5, 0.6) is 5.88 Å². The van der Waals surface area contributed by atoms with Crippen molar-refractivity contribution in [3.63, 3.8) is 0 Å². The zero-order valence-electron chi connectivity index (χ0n) is 13.0. The molecule has 124 valence electrons. The second-order valence-electron chi connectivity index (χ2n) is 6.75. The molecule has 0 aliphatic carbocycles. The fourth-order valence-corrected chi connectivity index (χ4v) is 3.90. The number of nitrogens with zero attached hydrogens (tertiary/aromatic N) is 3. The fraction of sp³-hybridized carbons (Fsp3) is 0.667. The largest absolute Gasteiger partial charge is 0.468 e. The highest BCUT2D eigenvalue weighted by Gasteiger charge is 2.48. The van der Waals surface area contributed by atoms with Crippen molar-refractivity contribution in [2.45, 2.75) is 31.3 Å². The minimum Gasteiger partial charge on any atom is -0.468 e. The molecule has 3 aliphatic heterocycles. The van der Waals surface area contributed by atoms with Crippen molar-refractivity contribution in [1.29, 1.82) is 0 Å². The molecule has 8 nitrogen and oxygen atoms in total. The monoisotopic (exact) mass is 318 g/mol. The quantitative estimate of drug-likeness (QED) is 0.641. The number of nitrogen functional groups attached to an aromatic ring is 2. The Labute approximate surface area is 134 Å². The Kier molecular flexibility index (Phi) is 3.29. The summed E-state index contributed by atoms with van der Waals surface area (Å²) in [4.78, 5) is 22.8. The second-order valence-corrected chi connectivity index (χ2v) is 6.75. The predicted molar refractivity (Wildman–Crippen MR) is 84.7 cm³/mol. The molecule has 1 aromatic rings. The van der Waals surface area contributed by atoms with Crippen molar-refractivity contribution >= 4 is 17.7 Å². The van der Waals surface area contributed by atoms with Gasteiger partial charge in [-0.3, -0.25) is 4.79 Å². The van der Waals surface area contributed by atoms with Crippen LogP contribution in [-0.4, -0.2) is 52.6 Å². The van der Waals surface area contributed by atoms with Crippen LogP contribution in [0.25, 0.3) is 0 Å². The Hall–Kier alpha value is -2.09. The molecule has 5 N–H and O–H groups in total. The number of carbonyl (C=O) groups excluding carboxylic acids is 1. The summed E-state index contributed by atoms with van der Waals surface area (Å²) in [6.45, 7) is 3.15. The summed E-state index contributed by atoms with van der Waals surface area (Å²) in [5.41, 5.74) is 12.0. The Morgan fingerprint density at radius 3 is 2.87 bits per heavy atom. The highest BCUT2D eigenvalue weighted by molar-refractivity contribution is 5.79. The molecule has 8 heteroatoms. The first-order chi connectivity index (χ1) is 11.1. The number of amides is 1. The third-order valence-electron chi connectivity index (χ3n) is 5.15. The van der Waals surface area contributed by atoms with Gasteiger partial charge in [0.1, 0.15) is 11.4 Å². The molecule has 2 saturated heterocycles. The summed E-state index contributed by atoms with van der Waals surface area (Å²) in [6, 6.07) is 0. The van der Waals surface area contributed by atoms with E-state index in [1.807, 2.05) is 4.90 Å². The van der Waals surface area contributed by atoms with E-state index in [9.17, 15) is 4.79 Å². The number of fused-ring (bicyclic) bond motifs is 1. The summed E-state index contributed by atoms with van der Waals surface area (Å²) in [5.74, 6) is 1.37. The minimum atomic E-state index is -0.415. The third kappa shape index (κ3) is 2.46. The van der Waals surface area contributed by atoms with E-state index in [1.54, 1.807) is 0 Å². The van der Waals surface area contributed by atoms with Crippen molar-refractivity contribution < 1.29 is 9.53 Å². The molecule has 4 heterocycles. The molecular formula is C15H22N6O2. The van der Waals surface area contributed by atoms with Gasteiger partial charge in [0.2, 0.25) is 17.7 Å². The number of aromatic nitrogens is 2. The minimum absolute atomic E-state index is 0.124. The van der Waals surface area contributed by atoms with Crippen LogP contribution in [0.15, 0.2) is 0 Å². The van der Waals surface area contributed by atoms with Crippen LogP contribution in [0.2, 0.25) is 0 Å². The first-order valence-corrected chi connectivity index (χ1v) is 8.17. The van der Waals surface area contributed by atoms with E-state index in [0.717, 1.165) is 44.5 Å². The molecule has 1 atom stereocenters. The molecule has 2 fully saturated rings. The lowest BCUT2D eigenvalue weighted by molar-refractivity contribution is -0.136. The molecule has 1 aromatic heterocycles. The molecule has 0 saturated carbocycles. The summed E-state index contributed by atoms with van der Waals surface area (Å²) < 4.78 is 6.07. The maximum atomic E-state index is 12.7. The Morgan fingerprint density at radius 1 is 1.30 bits per heavy atom. The highest BCUT2D eigenvalue weighted by Crippen LogP contribution is 2.41. The number of piperidine rings is 1. The van der Waals surface area contributed by atoms with Crippen LogP contribution in [0.1, 0.15) is 24.8 Å². The van der Waals surface area contributed by atoms with Crippen molar-refractivity contribution in [3.05, 3.63) is 5.56 Å². The molecule has 0 aromatic carbocycles. The van der Waals surface area contributed by atoms with E-state index in [0.29, 0.717) is 24.7 Å². The smallest absolute Gasteiger partial charge is 0.225 e. The van der Waals surface area contributed by atoms with Gasteiger partial charge in [-0.25, -0.2) is 0 Å². The first kappa shape index (κ1) is 14.5. The molecule has 23 heavy (non-hydrogen) atoms. The lowest BCUT2D eigenvalue weighted by Crippen LogP contribution is -2.43. The molecule has 4 rings (SSSR count). The van der Waals surface area contributed by atoms with Gasteiger partial charge in [-0.1, -0.05) is 0 Å². The number of hydrogen-bond donors (Lipinski definition) is 3. The fourth-order valence-electron chi connectivity index (χ4n) is 3.90. The maximum absolute atomic E-state index is 12.7. The summed E-state index contributed by atoms with van der Waals surface area (Å²) in [6.07, 6.45) is 3.26. The van der Waals surface area contributed by atoms with Gasteiger partial charge in [-0.05, 0) is 25.9 Å². The number of hydrogen-bond acceptors (Lipinski definition) is 7. The van der Waals surface area contributed by atoms with Crippen LogP contribution in [0, 0.1) is 5.92 Å². The van der Waals surface area contributed by atoms with E-state index in [4.69, 9.17) is 16.2 Å². The van der Waals surface area contributed by atoms with Gasteiger partial charge in [0.15, 0.2) is 0 Å². The molecule has 0 bridgehead atoms. The SMILES string of the molecule is Nc1nc(N)c2c(n1)O[C@@]1(CCN(C(=O)C3CCNCC3)C1)C2. The highest BCUT2D eigenvalue weighted by atomic mass is 16.5. The molecule has 3 aliphatic rings. The number of nitrogens with one attached hydrogen (secondary N) is 1. The van der Waals surface area contributed by atoms with E-state index in [-0.39, 0.29) is 17.8 Å².